The van der Waals surface area contributed by atoms with Gasteiger partial charge in [0.2, 0.25) is 0 Å². The van der Waals surface area contributed by atoms with Gasteiger partial charge in [-0.25, -0.2) is 8.42 Å². The molecule has 20 heavy (non-hydrogen) atoms. The molecule has 0 unspecified atom stereocenters. The summed E-state index contributed by atoms with van der Waals surface area (Å²) in [6.45, 7) is 1.56. The number of nitrogens with one attached hydrogen (secondary N) is 1. The summed E-state index contributed by atoms with van der Waals surface area (Å²) < 4.78 is 22.7. The molecule has 1 aromatic heterocycles. The Hall–Kier alpha value is -1.72. The minimum atomic E-state index is -3.11. The first-order chi connectivity index (χ1) is 9.55. The number of pyridine rings is 1. The molecule has 1 aromatic carbocycles. The average molecular weight is 290 g/mol. The van der Waals surface area contributed by atoms with Crippen LogP contribution in [0.15, 0.2) is 53.6 Å². The van der Waals surface area contributed by atoms with E-state index in [1.807, 2.05) is 30.3 Å². The summed E-state index contributed by atoms with van der Waals surface area (Å²) in [5.74, 6) is 0. The zero-order valence-corrected chi connectivity index (χ0v) is 12.2. The van der Waals surface area contributed by atoms with E-state index in [0.29, 0.717) is 4.90 Å². The van der Waals surface area contributed by atoms with Crippen molar-refractivity contribution >= 4 is 9.84 Å². The fourth-order valence-electron chi connectivity index (χ4n) is 1.85. The molecule has 0 amide bonds. The molecule has 0 atom stereocenters. The molecule has 0 aliphatic carbocycles. The molecule has 0 aliphatic heterocycles. The van der Waals surface area contributed by atoms with E-state index in [2.05, 4.69) is 10.3 Å². The molecule has 0 spiro atoms. The molecule has 1 heterocycles. The Morgan fingerprint density at radius 2 is 1.85 bits per heavy atom. The second-order valence-electron chi connectivity index (χ2n) is 4.66. The van der Waals surface area contributed by atoms with E-state index in [9.17, 15) is 8.42 Å². The second kappa shape index (κ2) is 6.63. The Morgan fingerprint density at radius 1 is 1.10 bits per heavy atom. The molecule has 5 heteroatoms. The molecule has 2 aromatic rings. The van der Waals surface area contributed by atoms with Crippen LogP contribution in [0.4, 0.5) is 0 Å². The quantitative estimate of drug-likeness (QED) is 0.824. The van der Waals surface area contributed by atoms with Gasteiger partial charge in [0.25, 0.3) is 0 Å². The molecule has 4 nitrogen and oxygen atoms in total. The predicted octanol–water partition coefficient (Wildman–Crippen LogP) is 1.82. The summed E-state index contributed by atoms with van der Waals surface area (Å²) in [6.07, 6.45) is 3.88. The van der Waals surface area contributed by atoms with Gasteiger partial charge in [-0.3, -0.25) is 4.98 Å². The standard InChI is InChI=1S/C15H18N2O2S/c1-20(18,19)15-7-5-13(6-8-15)12-16-11-9-14-4-2-3-10-17-14/h2-8,10,16H,9,11-12H2,1H3. The van der Waals surface area contributed by atoms with Crippen LogP contribution in [0.5, 0.6) is 0 Å². The van der Waals surface area contributed by atoms with E-state index >= 15 is 0 Å². The van der Waals surface area contributed by atoms with E-state index in [0.717, 1.165) is 30.8 Å². The van der Waals surface area contributed by atoms with Gasteiger partial charge in [0.05, 0.1) is 4.90 Å². The molecule has 0 bridgehead atoms. The van der Waals surface area contributed by atoms with Gasteiger partial charge in [0.1, 0.15) is 0 Å². The smallest absolute Gasteiger partial charge is 0.175 e. The maximum Gasteiger partial charge on any atom is 0.175 e. The van der Waals surface area contributed by atoms with Crippen molar-refractivity contribution < 1.29 is 8.42 Å². The number of hydrogen-bond acceptors (Lipinski definition) is 4. The number of hydrogen-bond donors (Lipinski definition) is 1. The minimum absolute atomic E-state index is 0.356. The fourth-order valence-corrected chi connectivity index (χ4v) is 2.48. The molecule has 0 radical (unpaired) electrons. The molecular weight excluding hydrogens is 272 g/mol. The highest BCUT2D eigenvalue weighted by atomic mass is 32.2. The summed E-state index contributed by atoms with van der Waals surface area (Å²) in [5.41, 5.74) is 2.13. The first-order valence-corrected chi connectivity index (χ1v) is 8.34. The van der Waals surface area contributed by atoms with Crippen molar-refractivity contribution in [2.24, 2.45) is 0 Å². The lowest BCUT2D eigenvalue weighted by Crippen LogP contribution is -2.17. The summed E-state index contributed by atoms with van der Waals surface area (Å²) in [7, 11) is -3.11. The van der Waals surface area contributed by atoms with Crippen molar-refractivity contribution in [3.05, 3.63) is 59.9 Å². The average Bonchev–Trinajstić information content (AvgIpc) is 2.44. The molecule has 2 rings (SSSR count). The third-order valence-electron chi connectivity index (χ3n) is 2.96. The number of rotatable bonds is 6. The van der Waals surface area contributed by atoms with Crippen molar-refractivity contribution in [3.63, 3.8) is 0 Å². The second-order valence-corrected chi connectivity index (χ2v) is 6.68. The SMILES string of the molecule is CS(=O)(=O)c1ccc(CNCCc2ccccn2)cc1. The maximum atomic E-state index is 11.3. The zero-order valence-electron chi connectivity index (χ0n) is 11.4. The lowest BCUT2D eigenvalue weighted by molar-refractivity contribution is 0.601. The zero-order chi connectivity index (χ0) is 14.4. The van der Waals surface area contributed by atoms with E-state index in [4.69, 9.17) is 0 Å². The first kappa shape index (κ1) is 14.7. The van der Waals surface area contributed by atoms with Crippen LogP contribution >= 0.6 is 0 Å². The summed E-state index contributed by atoms with van der Waals surface area (Å²) in [6, 6.07) is 12.8. The van der Waals surface area contributed by atoms with Crippen molar-refractivity contribution in [3.8, 4) is 0 Å². The molecule has 0 saturated heterocycles. The Kier molecular flexibility index (Phi) is 4.87. The van der Waals surface area contributed by atoms with Gasteiger partial charge in [0, 0.05) is 37.7 Å². The highest BCUT2D eigenvalue weighted by Gasteiger charge is 2.05. The number of benzene rings is 1. The van der Waals surface area contributed by atoms with Gasteiger partial charge >= 0.3 is 0 Å². The number of nitrogens with zero attached hydrogens (tertiary/aromatic N) is 1. The Balaban J connectivity index is 1.80. The Morgan fingerprint density at radius 3 is 2.45 bits per heavy atom. The predicted molar refractivity (Wildman–Crippen MR) is 79.2 cm³/mol. The van der Waals surface area contributed by atoms with Gasteiger partial charge in [-0.05, 0) is 29.8 Å². The van der Waals surface area contributed by atoms with Gasteiger partial charge in [-0.15, -0.1) is 0 Å². The maximum absolute atomic E-state index is 11.3. The molecule has 106 valence electrons. The molecule has 0 aliphatic rings. The largest absolute Gasteiger partial charge is 0.312 e. The monoisotopic (exact) mass is 290 g/mol. The summed E-state index contributed by atoms with van der Waals surface area (Å²) in [4.78, 5) is 4.61. The Labute approximate surface area is 119 Å². The van der Waals surface area contributed by atoms with Crippen molar-refractivity contribution in [1.29, 1.82) is 0 Å². The van der Waals surface area contributed by atoms with E-state index in [-0.39, 0.29) is 0 Å². The van der Waals surface area contributed by atoms with Crippen LogP contribution in [-0.4, -0.2) is 26.2 Å². The third-order valence-corrected chi connectivity index (χ3v) is 4.09. The van der Waals surface area contributed by atoms with Crippen molar-refractivity contribution in [2.75, 3.05) is 12.8 Å². The van der Waals surface area contributed by atoms with Gasteiger partial charge in [-0.2, -0.15) is 0 Å². The van der Waals surface area contributed by atoms with Crippen molar-refractivity contribution in [2.45, 2.75) is 17.9 Å². The highest BCUT2D eigenvalue weighted by Crippen LogP contribution is 2.10. The lowest BCUT2D eigenvalue weighted by atomic mass is 10.2. The van der Waals surface area contributed by atoms with Crippen LogP contribution in [0.25, 0.3) is 0 Å². The fraction of sp³-hybridized carbons (Fsp3) is 0.267. The van der Waals surface area contributed by atoms with Crippen LogP contribution < -0.4 is 5.32 Å². The first-order valence-electron chi connectivity index (χ1n) is 6.45. The van der Waals surface area contributed by atoms with E-state index in [1.165, 1.54) is 6.26 Å². The van der Waals surface area contributed by atoms with Gasteiger partial charge in [0.15, 0.2) is 9.84 Å². The van der Waals surface area contributed by atoms with E-state index < -0.39 is 9.84 Å². The topological polar surface area (TPSA) is 59.1 Å². The van der Waals surface area contributed by atoms with Crippen LogP contribution in [0.3, 0.4) is 0 Å². The van der Waals surface area contributed by atoms with Crippen LogP contribution in [0, 0.1) is 0 Å². The molecule has 0 saturated carbocycles. The highest BCUT2D eigenvalue weighted by molar-refractivity contribution is 7.90. The lowest BCUT2D eigenvalue weighted by Gasteiger charge is -2.05. The molecule has 1 N–H and O–H groups in total. The summed E-state index contributed by atoms with van der Waals surface area (Å²) in [5, 5.41) is 3.32. The van der Waals surface area contributed by atoms with Crippen LogP contribution in [0.2, 0.25) is 0 Å². The van der Waals surface area contributed by atoms with Gasteiger partial charge in [-0.1, -0.05) is 18.2 Å². The summed E-state index contributed by atoms with van der Waals surface area (Å²) >= 11 is 0. The third kappa shape index (κ3) is 4.43. The van der Waals surface area contributed by atoms with Crippen LogP contribution in [-0.2, 0) is 22.8 Å². The van der Waals surface area contributed by atoms with Crippen molar-refractivity contribution in [1.82, 2.24) is 10.3 Å². The number of aromatic nitrogens is 1. The van der Waals surface area contributed by atoms with Gasteiger partial charge < -0.3 is 5.32 Å². The molecule has 0 fully saturated rings. The normalized spacial score (nSPS) is 11.4. The number of sulfone groups is 1. The minimum Gasteiger partial charge on any atom is -0.312 e. The van der Waals surface area contributed by atoms with Crippen LogP contribution in [0.1, 0.15) is 11.3 Å². The Bertz CT molecular complexity index is 637. The molecular formula is C15H18N2O2S. The van der Waals surface area contributed by atoms with E-state index in [1.54, 1.807) is 18.3 Å².